The van der Waals surface area contributed by atoms with Crippen molar-refractivity contribution < 1.29 is 32.9 Å². The van der Waals surface area contributed by atoms with Crippen molar-refractivity contribution in [3.05, 3.63) is 41.5 Å². The molecule has 4 aromatic rings. The van der Waals surface area contributed by atoms with Gasteiger partial charge in [-0.15, -0.1) is 6.42 Å². The number of aliphatic hydroxyl groups is 1. The Morgan fingerprint density at radius 1 is 1.08 bits per heavy atom. The molecule has 262 valence electrons. The molecule has 2 aromatic carbocycles. The van der Waals surface area contributed by atoms with Crippen LogP contribution in [0.5, 0.6) is 17.6 Å². The SMILES string of the molecule is C#Cc1c(F)ccc2cc(O)cc(-c3nc(OCC(C)(C)O)c4c(N5CC6CCC(C5)N6)nc(OC[C@@]56CCCN5C[C@H](F)C6)nc4c3F)c12. The summed E-state index contributed by atoms with van der Waals surface area (Å²) in [7, 11) is 0. The van der Waals surface area contributed by atoms with E-state index in [0.29, 0.717) is 37.3 Å². The van der Waals surface area contributed by atoms with Crippen molar-refractivity contribution in [2.45, 2.75) is 75.3 Å². The first-order chi connectivity index (χ1) is 23.9. The van der Waals surface area contributed by atoms with Crippen LogP contribution in [0.25, 0.3) is 32.9 Å². The third-order valence-corrected chi connectivity index (χ3v) is 10.5. The number of halogens is 3. The number of hydrogen-bond acceptors (Lipinski definition) is 10. The molecule has 50 heavy (non-hydrogen) atoms. The highest BCUT2D eigenvalue weighted by molar-refractivity contribution is 6.04. The summed E-state index contributed by atoms with van der Waals surface area (Å²) in [6.45, 7) is 5.35. The number of rotatable bonds is 8. The van der Waals surface area contributed by atoms with Gasteiger partial charge in [-0.05, 0) is 69.7 Å². The van der Waals surface area contributed by atoms with Crippen LogP contribution in [0.3, 0.4) is 0 Å². The largest absolute Gasteiger partial charge is 0.508 e. The van der Waals surface area contributed by atoms with E-state index in [-0.39, 0.29) is 76.0 Å². The fraction of sp³-hybridized carbons (Fsp3) is 0.486. The van der Waals surface area contributed by atoms with E-state index < -0.39 is 28.9 Å². The number of phenols is 1. The molecule has 3 N–H and O–H groups in total. The van der Waals surface area contributed by atoms with E-state index >= 15 is 8.78 Å². The van der Waals surface area contributed by atoms with Crippen LogP contribution in [0.1, 0.15) is 51.5 Å². The van der Waals surface area contributed by atoms with E-state index in [0.717, 1.165) is 32.2 Å². The summed E-state index contributed by atoms with van der Waals surface area (Å²) in [6, 6.07) is 5.63. The van der Waals surface area contributed by atoms with E-state index in [1.165, 1.54) is 24.3 Å². The quantitative estimate of drug-likeness (QED) is 0.222. The normalized spacial score (nSPS) is 25.0. The minimum atomic E-state index is -1.29. The lowest BCUT2D eigenvalue weighted by molar-refractivity contribution is 0.0274. The number of anilines is 1. The van der Waals surface area contributed by atoms with Crippen LogP contribution in [0.15, 0.2) is 24.3 Å². The Kier molecular flexibility index (Phi) is 7.97. The van der Waals surface area contributed by atoms with Crippen molar-refractivity contribution >= 4 is 27.5 Å². The molecule has 2 bridgehead atoms. The van der Waals surface area contributed by atoms with Crippen LogP contribution >= 0.6 is 0 Å². The van der Waals surface area contributed by atoms with Gasteiger partial charge >= 0.3 is 6.01 Å². The number of alkyl halides is 1. The Balaban J connectivity index is 1.35. The number of aromatic nitrogens is 3. The third kappa shape index (κ3) is 5.73. The third-order valence-electron chi connectivity index (χ3n) is 10.5. The molecule has 0 amide bonds. The Morgan fingerprint density at radius 2 is 1.86 bits per heavy atom. The van der Waals surface area contributed by atoms with Crippen molar-refractivity contribution in [2.75, 3.05) is 44.3 Å². The zero-order chi connectivity index (χ0) is 34.9. The Hall–Kier alpha value is -4.38. The predicted molar refractivity (Wildman–Crippen MR) is 182 cm³/mol. The summed E-state index contributed by atoms with van der Waals surface area (Å²) in [5.74, 6) is 0.878. The number of nitrogens with zero attached hydrogens (tertiary/aromatic N) is 5. The maximum atomic E-state index is 17.3. The van der Waals surface area contributed by atoms with Gasteiger partial charge in [-0.2, -0.15) is 9.97 Å². The molecule has 2 unspecified atom stereocenters. The standard InChI is InChI=1S/C37H39F3N6O4/c1-4-25-27(39)9-6-20-12-24(47)13-26(28(20)25)31-30(40)32-29(34(42-31)49-18-36(2,3)48)33(45-16-22-7-8-23(17-45)41-22)44-35(43-32)50-19-37-10-5-11-46(37)15-21(38)14-37/h1,6,9,12-13,21-23,41,47-48H,5,7-8,10-11,14-19H2,2-3H3/t21-,22?,23?,37+/m1/s1. The number of hydrogen-bond donors (Lipinski definition) is 3. The lowest BCUT2D eigenvalue weighted by Crippen LogP contribution is -2.51. The minimum Gasteiger partial charge on any atom is -0.508 e. The molecule has 4 fully saturated rings. The number of terminal acetylenes is 1. The van der Waals surface area contributed by atoms with Crippen LogP contribution in [-0.2, 0) is 0 Å². The van der Waals surface area contributed by atoms with Crippen molar-refractivity contribution in [3.63, 3.8) is 0 Å². The van der Waals surface area contributed by atoms with Crippen LogP contribution < -0.4 is 19.7 Å². The van der Waals surface area contributed by atoms with Gasteiger partial charge in [-0.25, -0.2) is 18.2 Å². The molecule has 0 saturated carbocycles. The first kappa shape index (κ1) is 32.8. The van der Waals surface area contributed by atoms with Crippen LogP contribution in [0.2, 0.25) is 0 Å². The maximum absolute atomic E-state index is 17.3. The van der Waals surface area contributed by atoms with Crippen LogP contribution in [0, 0.1) is 24.0 Å². The van der Waals surface area contributed by atoms with Crippen LogP contribution in [0.4, 0.5) is 19.0 Å². The number of pyridine rings is 1. The van der Waals surface area contributed by atoms with Gasteiger partial charge in [0, 0.05) is 49.1 Å². The molecule has 2 aromatic heterocycles. The summed E-state index contributed by atoms with van der Waals surface area (Å²) >= 11 is 0. The van der Waals surface area contributed by atoms with Gasteiger partial charge in [-0.3, -0.25) is 4.90 Å². The van der Waals surface area contributed by atoms with E-state index in [1.54, 1.807) is 13.8 Å². The molecule has 0 aliphatic carbocycles. The molecule has 4 atom stereocenters. The Morgan fingerprint density at radius 3 is 2.60 bits per heavy atom. The van der Waals surface area contributed by atoms with Gasteiger partial charge < -0.3 is 29.9 Å². The average molecular weight is 689 g/mol. The minimum absolute atomic E-state index is 0.0308. The number of benzene rings is 2. The van der Waals surface area contributed by atoms with Gasteiger partial charge in [0.15, 0.2) is 5.82 Å². The summed E-state index contributed by atoms with van der Waals surface area (Å²) in [6.07, 6.45) is 8.77. The van der Waals surface area contributed by atoms with Crippen LogP contribution in [-0.4, -0.2) is 98.9 Å². The molecule has 0 radical (unpaired) electrons. The molecule has 13 heteroatoms. The molecule has 4 aliphatic heterocycles. The van der Waals surface area contributed by atoms with Gasteiger partial charge in [0.2, 0.25) is 5.88 Å². The zero-order valence-corrected chi connectivity index (χ0v) is 28.0. The summed E-state index contributed by atoms with van der Waals surface area (Å²) in [4.78, 5) is 18.3. The van der Waals surface area contributed by atoms with Gasteiger partial charge in [0.05, 0.1) is 16.7 Å². The fourth-order valence-corrected chi connectivity index (χ4v) is 8.29. The highest BCUT2D eigenvalue weighted by Gasteiger charge is 2.49. The van der Waals surface area contributed by atoms with Gasteiger partial charge in [0.1, 0.15) is 53.4 Å². The van der Waals surface area contributed by atoms with Gasteiger partial charge in [-0.1, -0.05) is 12.0 Å². The average Bonchev–Trinajstić information content (AvgIpc) is 3.72. The number of aromatic hydroxyl groups is 1. The van der Waals surface area contributed by atoms with Gasteiger partial charge in [0.25, 0.3) is 0 Å². The molecule has 8 rings (SSSR count). The van der Waals surface area contributed by atoms with E-state index in [4.69, 9.17) is 20.9 Å². The first-order valence-electron chi connectivity index (χ1n) is 17.1. The molecule has 4 aliphatic rings. The maximum Gasteiger partial charge on any atom is 0.319 e. The van der Waals surface area contributed by atoms with Crippen molar-refractivity contribution in [2.24, 2.45) is 0 Å². The smallest absolute Gasteiger partial charge is 0.319 e. The lowest BCUT2D eigenvalue weighted by atomic mass is 9.95. The second-order valence-electron chi connectivity index (χ2n) is 14.8. The highest BCUT2D eigenvalue weighted by atomic mass is 19.1. The molecular weight excluding hydrogens is 649 g/mol. The summed E-state index contributed by atoms with van der Waals surface area (Å²) in [5.41, 5.74) is -2.34. The monoisotopic (exact) mass is 688 g/mol. The predicted octanol–water partition coefficient (Wildman–Crippen LogP) is 4.86. The number of fused-ring (bicyclic) bond motifs is 5. The summed E-state index contributed by atoms with van der Waals surface area (Å²) < 4.78 is 59.4. The Labute approximate surface area is 287 Å². The van der Waals surface area contributed by atoms with E-state index in [2.05, 4.69) is 31.0 Å². The number of nitrogens with one attached hydrogen (secondary N) is 1. The number of piperazine rings is 1. The summed E-state index contributed by atoms with van der Waals surface area (Å²) in [5, 5.41) is 25.7. The van der Waals surface area contributed by atoms with Crippen molar-refractivity contribution in [3.8, 4) is 41.2 Å². The molecule has 6 heterocycles. The number of phenolic OH excluding ortho intramolecular Hbond substituents is 1. The van der Waals surface area contributed by atoms with E-state index in [1.807, 2.05) is 0 Å². The van der Waals surface area contributed by atoms with Crippen molar-refractivity contribution in [1.29, 1.82) is 0 Å². The highest BCUT2D eigenvalue weighted by Crippen LogP contribution is 2.44. The zero-order valence-electron chi connectivity index (χ0n) is 28.0. The first-order valence-corrected chi connectivity index (χ1v) is 17.1. The second-order valence-corrected chi connectivity index (χ2v) is 14.8. The second kappa shape index (κ2) is 12.1. The fourth-order valence-electron chi connectivity index (χ4n) is 8.29. The molecular formula is C37H39F3N6O4. The Bertz CT molecular complexity index is 2040. The molecule has 10 nitrogen and oxygen atoms in total. The van der Waals surface area contributed by atoms with E-state index in [9.17, 15) is 14.6 Å². The van der Waals surface area contributed by atoms with Crippen molar-refractivity contribution in [1.82, 2.24) is 25.2 Å². The lowest BCUT2D eigenvalue weighted by Gasteiger charge is -2.35. The number of ether oxygens (including phenoxy) is 2. The molecule has 0 spiro atoms. The molecule has 4 saturated heterocycles. The topological polar surface area (TPSA) is 116 Å².